The first-order valence-electron chi connectivity index (χ1n) is 6.56. The Hall–Kier alpha value is -1.76. The number of rotatable bonds is 6. The number of aryl methyl sites for hydroxylation is 1. The Labute approximate surface area is 124 Å². The first kappa shape index (κ1) is 15.6. The van der Waals surface area contributed by atoms with Crippen LogP contribution in [0.15, 0.2) is 42.7 Å². The summed E-state index contributed by atoms with van der Waals surface area (Å²) in [6.45, 7) is 2.10. The van der Waals surface area contributed by atoms with E-state index in [0.717, 1.165) is 16.7 Å². The van der Waals surface area contributed by atoms with Gasteiger partial charge in [0.25, 0.3) is 0 Å². The predicted molar refractivity (Wildman–Crippen MR) is 80.8 cm³/mol. The number of hydrogen-bond acceptors (Lipinski definition) is 4. The molecule has 0 aliphatic carbocycles. The number of nitrogens with zero attached hydrogens (tertiary/aromatic N) is 1. The second-order valence-corrected chi connectivity index (χ2v) is 6.66. The molecule has 1 aromatic carbocycles. The first-order chi connectivity index (χ1) is 10.00. The molecule has 1 heterocycles. The third-order valence-electron chi connectivity index (χ3n) is 3.18. The highest BCUT2D eigenvalue weighted by Gasteiger charge is 2.12. The molecule has 0 amide bonds. The standard InChI is InChI=1S/C15H18N2O3S/c1-12-8-16-7-6-15(12)9-17-21(19,20)11-14-4-2-13(10-18)3-5-14/h2-8,17-18H,9-11H2,1H3. The van der Waals surface area contributed by atoms with Crippen LogP contribution in [-0.2, 0) is 28.9 Å². The molecule has 5 nitrogen and oxygen atoms in total. The number of aliphatic hydroxyl groups is 1. The van der Waals surface area contributed by atoms with Gasteiger partial charge in [0.15, 0.2) is 0 Å². The molecule has 0 aliphatic rings. The highest BCUT2D eigenvalue weighted by Crippen LogP contribution is 2.09. The number of pyridine rings is 1. The second-order valence-electron chi connectivity index (χ2n) is 4.86. The zero-order valence-corrected chi connectivity index (χ0v) is 12.6. The summed E-state index contributed by atoms with van der Waals surface area (Å²) in [6.07, 6.45) is 3.35. The van der Waals surface area contributed by atoms with Gasteiger partial charge in [-0.05, 0) is 35.2 Å². The van der Waals surface area contributed by atoms with Crippen LogP contribution < -0.4 is 4.72 Å². The van der Waals surface area contributed by atoms with E-state index >= 15 is 0 Å². The van der Waals surface area contributed by atoms with E-state index in [0.29, 0.717) is 5.56 Å². The molecule has 112 valence electrons. The summed E-state index contributed by atoms with van der Waals surface area (Å²) < 4.78 is 26.7. The topological polar surface area (TPSA) is 79.3 Å². The molecule has 0 spiro atoms. The lowest BCUT2D eigenvalue weighted by atomic mass is 10.2. The summed E-state index contributed by atoms with van der Waals surface area (Å²) in [6, 6.07) is 8.66. The summed E-state index contributed by atoms with van der Waals surface area (Å²) in [4.78, 5) is 3.98. The summed E-state index contributed by atoms with van der Waals surface area (Å²) in [7, 11) is -3.40. The predicted octanol–water partition coefficient (Wildman–Crippen LogP) is 1.50. The molecular formula is C15H18N2O3S. The van der Waals surface area contributed by atoms with E-state index in [1.54, 1.807) is 42.7 Å². The Morgan fingerprint density at radius 1 is 1.14 bits per heavy atom. The van der Waals surface area contributed by atoms with Crippen molar-refractivity contribution in [2.24, 2.45) is 0 Å². The number of aromatic nitrogens is 1. The normalized spacial score (nSPS) is 11.5. The molecule has 0 saturated carbocycles. The van der Waals surface area contributed by atoms with Crippen LogP contribution >= 0.6 is 0 Å². The third-order valence-corrected chi connectivity index (χ3v) is 4.48. The van der Waals surface area contributed by atoms with Crippen molar-refractivity contribution in [3.05, 3.63) is 65.0 Å². The van der Waals surface area contributed by atoms with E-state index in [9.17, 15) is 8.42 Å². The molecule has 0 saturated heterocycles. The molecule has 0 atom stereocenters. The van der Waals surface area contributed by atoms with E-state index in [1.807, 2.05) is 6.92 Å². The summed E-state index contributed by atoms with van der Waals surface area (Å²) in [5.74, 6) is -0.0805. The van der Waals surface area contributed by atoms with Crippen LogP contribution in [0.25, 0.3) is 0 Å². The number of nitrogens with one attached hydrogen (secondary N) is 1. The van der Waals surface area contributed by atoms with Crippen LogP contribution in [-0.4, -0.2) is 18.5 Å². The fourth-order valence-corrected chi connectivity index (χ4v) is 3.01. The van der Waals surface area contributed by atoms with Crippen molar-refractivity contribution < 1.29 is 13.5 Å². The van der Waals surface area contributed by atoms with Crippen molar-refractivity contribution in [3.63, 3.8) is 0 Å². The van der Waals surface area contributed by atoms with Gasteiger partial charge in [-0.15, -0.1) is 0 Å². The van der Waals surface area contributed by atoms with Crippen LogP contribution in [0.4, 0.5) is 0 Å². The lowest BCUT2D eigenvalue weighted by Crippen LogP contribution is -2.25. The molecular weight excluding hydrogens is 288 g/mol. The van der Waals surface area contributed by atoms with E-state index in [-0.39, 0.29) is 18.9 Å². The minimum atomic E-state index is -3.40. The van der Waals surface area contributed by atoms with Gasteiger partial charge in [0.05, 0.1) is 12.4 Å². The largest absolute Gasteiger partial charge is 0.392 e. The Morgan fingerprint density at radius 3 is 2.43 bits per heavy atom. The first-order valence-corrected chi connectivity index (χ1v) is 8.21. The molecule has 0 bridgehead atoms. The highest BCUT2D eigenvalue weighted by molar-refractivity contribution is 7.88. The highest BCUT2D eigenvalue weighted by atomic mass is 32.2. The minimum Gasteiger partial charge on any atom is -0.392 e. The van der Waals surface area contributed by atoms with Crippen molar-refractivity contribution in [3.8, 4) is 0 Å². The van der Waals surface area contributed by atoms with Gasteiger partial charge >= 0.3 is 0 Å². The summed E-state index contributed by atoms with van der Waals surface area (Å²) in [5.41, 5.74) is 3.30. The summed E-state index contributed by atoms with van der Waals surface area (Å²) in [5, 5.41) is 8.96. The number of benzene rings is 1. The molecule has 2 rings (SSSR count). The van der Waals surface area contributed by atoms with Crippen molar-refractivity contribution in [2.45, 2.75) is 25.8 Å². The zero-order valence-electron chi connectivity index (χ0n) is 11.8. The maximum atomic E-state index is 12.1. The van der Waals surface area contributed by atoms with E-state index in [4.69, 9.17) is 5.11 Å². The minimum absolute atomic E-state index is 0.0490. The maximum absolute atomic E-state index is 12.1. The lowest BCUT2D eigenvalue weighted by Gasteiger charge is -2.09. The van der Waals surface area contributed by atoms with Crippen molar-refractivity contribution in [2.75, 3.05) is 0 Å². The average Bonchev–Trinajstić information content (AvgIpc) is 2.47. The van der Waals surface area contributed by atoms with E-state index < -0.39 is 10.0 Å². The van der Waals surface area contributed by atoms with E-state index in [1.165, 1.54) is 0 Å². The van der Waals surface area contributed by atoms with Crippen LogP contribution in [0.3, 0.4) is 0 Å². The van der Waals surface area contributed by atoms with Gasteiger partial charge < -0.3 is 5.11 Å². The average molecular weight is 306 g/mol. The van der Waals surface area contributed by atoms with E-state index in [2.05, 4.69) is 9.71 Å². The molecule has 0 aliphatic heterocycles. The second kappa shape index (κ2) is 6.80. The fraction of sp³-hybridized carbons (Fsp3) is 0.267. The third kappa shape index (κ3) is 4.63. The Kier molecular flexibility index (Phi) is 5.06. The molecule has 0 radical (unpaired) electrons. The molecule has 0 unspecified atom stereocenters. The van der Waals surface area contributed by atoms with Gasteiger partial charge in [-0.1, -0.05) is 24.3 Å². The van der Waals surface area contributed by atoms with Crippen LogP contribution in [0.2, 0.25) is 0 Å². The Bertz CT molecular complexity index is 697. The van der Waals surface area contributed by atoms with Gasteiger partial charge in [0.2, 0.25) is 10.0 Å². The van der Waals surface area contributed by atoms with Gasteiger partial charge in [-0.3, -0.25) is 4.98 Å². The molecule has 2 N–H and O–H groups in total. The van der Waals surface area contributed by atoms with Crippen LogP contribution in [0.5, 0.6) is 0 Å². The monoisotopic (exact) mass is 306 g/mol. The van der Waals surface area contributed by atoms with Crippen molar-refractivity contribution >= 4 is 10.0 Å². The molecule has 21 heavy (non-hydrogen) atoms. The van der Waals surface area contributed by atoms with Gasteiger partial charge in [-0.25, -0.2) is 13.1 Å². The van der Waals surface area contributed by atoms with Gasteiger partial charge in [0.1, 0.15) is 0 Å². The maximum Gasteiger partial charge on any atom is 0.216 e. The lowest BCUT2D eigenvalue weighted by molar-refractivity contribution is 0.282. The number of aliphatic hydroxyl groups excluding tert-OH is 1. The Balaban J connectivity index is 2.00. The molecule has 2 aromatic rings. The molecule has 0 fully saturated rings. The Morgan fingerprint density at radius 2 is 1.81 bits per heavy atom. The van der Waals surface area contributed by atoms with Crippen molar-refractivity contribution in [1.82, 2.24) is 9.71 Å². The van der Waals surface area contributed by atoms with Gasteiger partial charge in [-0.2, -0.15) is 0 Å². The smallest absolute Gasteiger partial charge is 0.216 e. The quantitative estimate of drug-likeness (QED) is 0.847. The SMILES string of the molecule is Cc1cnccc1CNS(=O)(=O)Cc1ccc(CO)cc1. The van der Waals surface area contributed by atoms with Crippen molar-refractivity contribution in [1.29, 1.82) is 0 Å². The number of hydrogen-bond donors (Lipinski definition) is 2. The van der Waals surface area contributed by atoms with Gasteiger partial charge in [0, 0.05) is 18.9 Å². The molecule has 6 heteroatoms. The zero-order chi connectivity index (χ0) is 15.3. The van der Waals surface area contributed by atoms with Crippen LogP contribution in [0, 0.1) is 6.92 Å². The fourth-order valence-electron chi connectivity index (χ4n) is 1.90. The molecule has 1 aromatic heterocycles. The number of sulfonamides is 1. The van der Waals surface area contributed by atoms with Crippen LogP contribution in [0.1, 0.15) is 22.3 Å². The summed E-state index contributed by atoms with van der Waals surface area (Å²) >= 11 is 0.